The summed E-state index contributed by atoms with van der Waals surface area (Å²) in [4.78, 5) is 15.9. The molecule has 1 unspecified atom stereocenters. The molecule has 3 heteroatoms. The van der Waals surface area contributed by atoms with Crippen LogP contribution < -0.4 is 4.74 Å². The van der Waals surface area contributed by atoms with Gasteiger partial charge in [0.2, 0.25) is 0 Å². The zero-order valence-corrected chi connectivity index (χ0v) is 10.8. The zero-order chi connectivity index (χ0) is 13.5. The highest BCUT2D eigenvalue weighted by Crippen LogP contribution is 2.35. The molecule has 0 amide bonds. The summed E-state index contributed by atoms with van der Waals surface area (Å²) in [6, 6.07) is 15.5. The van der Waals surface area contributed by atoms with Crippen LogP contribution >= 0.6 is 0 Å². The van der Waals surface area contributed by atoms with E-state index in [1.807, 2.05) is 54.7 Å². The number of H-pyrrole nitrogens is 1. The van der Waals surface area contributed by atoms with Crippen molar-refractivity contribution in [3.63, 3.8) is 0 Å². The van der Waals surface area contributed by atoms with Crippen LogP contribution in [0.25, 0.3) is 10.9 Å². The number of carbonyl (C=O) groups excluding carboxylic acids is 1. The summed E-state index contributed by atoms with van der Waals surface area (Å²) in [5.74, 6) is 0.589. The lowest BCUT2D eigenvalue weighted by Crippen LogP contribution is -2.25. The topological polar surface area (TPSA) is 42.1 Å². The van der Waals surface area contributed by atoms with Crippen molar-refractivity contribution in [3.8, 4) is 5.75 Å². The summed E-state index contributed by atoms with van der Waals surface area (Å²) in [5.41, 5.74) is 2.74. The summed E-state index contributed by atoms with van der Waals surface area (Å²) >= 11 is 0. The minimum atomic E-state index is -0.235. The Kier molecular flexibility index (Phi) is 2.39. The van der Waals surface area contributed by atoms with Gasteiger partial charge in [0.15, 0.2) is 5.78 Å². The summed E-state index contributed by atoms with van der Waals surface area (Å²) < 4.78 is 5.74. The van der Waals surface area contributed by atoms with E-state index in [4.69, 9.17) is 4.74 Å². The highest BCUT2D eigenvalue weighted by Gasteiger charge is 2.31. The molecule has 0 saturated carbocycles. The van der Waals surface area contributed by atoms with Gasteiger partial charge >= 0.3 is 0 Å². The van der Waals surface area contributed by atoms with Crippen molar-refractivity contribution in [2.24, 2.45) is 0 Å². The van der Waals surface area contributed by atoms with Crippen molar-refractivity contribution in [1.29, 1.82) is 0 Å². The van der Waals surface area contributed by atoms with Gasteiger partial charge in [0, 0.05) is 17.1 Å². The van der Waals surface area contributed by atoms with Crippen LogP contribution in [0.4, 0.5) is 0 Å². The standard InChI is InChI=1S/C17H13NO2/c19-17-12-6-2-4-8-16(12)20-10-14(17)13-9-18-15-7-3-1-5-11(13)15/h1-9,14,18H,10H2. The fourth-order valence-corrected chi connectivity index (χ4v) is 2.85. The van der Waals surface area contributed by atoms with Crippen LogP contribution in [-0.4, -0.2) is 17.4 Å². The van der Waals surface area contributed by atoms with E-state index < -0.39 is 0 Å². The Morgan fingerprint density at radius 1 is 1.05 bits per heavy atom. The van der Waals surface area contributed by atoms with Crippen LogP contribution in [-0.2, 0) is 0 Å². The highest BCUT2D eigenvalue weighted by atomic mass is 16.5. The van der Waals surface area contributed by atoms with Gasteiger partial charge in [-0.15, -0.1) is 0 Å². The van der Waals surface area contributed by atoms with Crippen molar-refractivity contribution < 1.29 is 9.53 Å². The molecular weight excluding hydrogens is 250 g/mol. The molecule has 2 heterocycles. The van der Waals surface area contributed by atoms with Crippen molar-refractivity contribution >= 4 is 16.7 Å². The summed E-state index contributed by atoms with van der Waals surface area (Å²) in [6.07, 6.45) is 1.92. The summed E-state index contributed by atoms with van der Waals surface area (Å²) in [5, 5.41) is 1.09. The molecule has 4 rings (SSSR count). The number of ether oxygens (including phenoxy) is 1. The smallest absolute Gasteiger partial charge is 0.177 e. The Morgan fingerprint density at radius 3 is 2.80 bits per heavy atom. The van der Waals surface area contributed by atoms with Crippen LogP contribution in [0.5, 0.6) is 5.75 Å². The van der Waals surface area contributed by atoms with Gasteiger partial charge in [-0.05, 0) is 23.8 Å². The molecule has 1 aromatic heterocycles. The molecule has 0 spiro atoms. The lowest BCUT2D eigenvalue weighted by Gasteiger charge is -2.23. The molecule has 0 bridgehead atoms. The molecule has 0 saturated heterocycles. The zero-order valence-electron chi connectivity index (χ0n) is 10.8. The second-order valence-corrected chi connectivity index (χ2v) is 5.01. The first-order valence-electron chi connectivity index (χ1n) is 6.66. The average Bonchev–Trinajstić information content (AvgIpc) is 2.92. The molecule has 0 radical (unpaired) electrons. The minimum absolute atomic E-state index is 0.136. The number of carbonyl (C=O) groups is 1. The Bertz CT molecular complexity index is 803. The lowest BCUT2D eigenvalue weighted by molar-refractivity contribution is 0.0897. The number of Topliss-reactive ketones (excluding diaryl/α,β-unsaturated/α-hetero) is 1. The molecule has 1 aliphatic rings. The molecule has 1 aliphatic heterocycles. The van der Waals surface area contributed by atoms with E-state index in [-0.39, 0.29) is 11.7 Å². The Hall–Kier alpha value is -2.55. The van der Waals surface area contributed by atoms with Crippen LogP contribution in [0.15, 0.2) is 54.7 Å². The SMILES string of the molecule is O=C1c2ccccc2OCC1c1c[nH]c2ccccc12. The van der Waals surface area contributed by atoms with Crippen LogP contribution in [0.3, 0.4) is 0 Å². The summed E-state index contributed by atoms with van der Waals surface area (Å²) in [6.45, 7) is 0.400. The van der Waals surface area contributed by atoms with Crippen LogP contribution in [0, 0.1) is 0 Å². The lowest BCUT2D eigenvalue weighted by atomic mass is 9.89. The Labute approximate surface area is 116 Å². The predicted molar refractivity (Wildman–Crippen MR) is 77.3 cm³/mol. The van der Waals surface area contributed by atoms with E-state index in [1.54, 1.807) is 0 Å². The molecule has 3 nitrogen and oxygen atoms in total. The van der Waals surface area contributed by atoms with Gasteiger partial charge in [0.25, 0.3) is 0 Å². The number of benzene rings is 2. The number of para-hydroxylation sites is 2. The molecule has 2 aromatic carbocycles. The number of hydrogen-bond donors (Lipinski definition) is 1. The number of fused-ring (bicyclic) bond motifs is 2. The number of aromatic amines is 1. The maximum Gasteiger partial charge on any atom is 0.177 e. The minimum Gasteiger partial charge on any atom is -0.492 e. The van der Waals surface area contributed by atoms with Crippen molar-refractivity contribution in [2.75, 3.05) is 6.61 Å². The van der Waals surface area contributed by atoms with Crippen molar-refractivity contribution in [2.45, 2.75) is 5.92 Å². The third-order valence-electron chi connectivity index (χ3n) is 3.87. The fraction of sp³-hybridized carbons (Fsp3) is 0.118. The van der Waals surface area contributed by atoms with E-state index in [2.05, 4.69) is 4.98 Å². The number of ketones is 1. The molecule has 0 aliphatic carbocycles. The summed E-state index contributed by atoms with van der Waals surface area (Å²) in [7, 11) is 0. The normalized spacial score (nSPS) is 17.8. The predicted octanol–water partition coefficient (Wildman–Crippen LogP) is 3.53. The van der Waals surface area contributed by atoms with Crippen molar-refractivity contribution in [3.05, 3.63) is 65.9 Å². The van der Waals surface area contributed by atoms with Crippen molar-refractivity contribution in [1.82, 2.24) is 4.98 Å². The van der Waals surface area contributed by atoms with Gasteiger partial charge < -0.3 is 9.72 Å². The second-order valence-electron chi connectivity index (χ2n) is 5.01. The van der Waals surface area contributed by atoms with E-state index in [0.29, 0.717) is 17.9 Å². The van der Waals surface area contributed by atoms with Gasteiger partial charge in [-0.3, -0.25) is 4.79 Å². The molecule has 98 valence electrons. The first-order chi connectivity index (χ1) is 9.84. The number of rotatable bonds is 1. The molecule has 20 heavy (non-hydrogen) atoms. The highest BCUT2D eigenvalue weighted by molar-refractivity contribution is 6.06. The van der Waals surface area contributed by atoms with Crippen LogP contribution in [0.2, 0.25) is 0 Å². The van der Waals surface area contributed by atoms with E-state index >= 15 is 0 Å². The maximum atomic E-state index is 12.7. The molecular formula is C17H13NO2. The first-order valence-corrected chi connectivity index (χ1v) is 6.66. The van der Waals surface area contributed by atoms with E-state index in [0.717, 1.165) is 16.5 Å². The Balaban J connectivity index is 1.83. The quantitative estimate of drug-likeness (QED) is 0.729. The number of nitrogens with one attached hydrogen (secondary N) is 1. The van der Waals surface area contributed by atoms with E-state index in [1.165, 1.54) is 0 Å². The fourth-order valence-electron chi connectivity index (χ4n) is 2.85. The third-order valence-corrected chi connectivity index (χ3v) is 3.87. The first kappa shape index (κ1) is 11.3. The molecule has 3 aromatic rings. The van der Waals surface area contributed by atoms with Gasteiger partial charge in [-0.25, -0.2) is 0 Å². The molecule has 1 N–H and O–H groups in total. The monoisotopic (exact) mass is 263 g/mol. The number of hydrogen-bond acceptors (Lipinski definition) is 2. The largest absolute Gasteiger partial charge is 0.492 e. The van der Waals surface area contributed by atoms with Gasteiger partial charge in [0.1, 0.15) is 12.4 Å². The van der Waals surface area contributed by atoms with Gasteiger partial charge in [-0.1, -0.05) is 30.3 Å². The number of aromatic nitrogens is 1. The van der Waals surface area contributed by atoms with Crippen LogP contribution in [0.1, 0.15) is 21.8 Å². The van der Waals surface area contributed by atoms with Gasteiger partial charge in [-0.2, -0.15) is 0 Å². The van der Waals surface area contributed by atoms with E-state index in [9.17, 15) is 4.79 Å². The maximum absolute atomic E-state index is 12.7. The molecule has 1 atom stereocenters. The second kappa shape index (κ2) is 4.23. The third kappa shape index (κ3) is 1.56. The van der Waals surface area contributed by atoms with Gasteiger partial charge in [0.05, 0.1) is 11.5 Å². The molecule has 0 fully saturated rings. The average molecular weight is 263 g/mol. The Morgan fingerprint density at radius 2 is 1.85 bits per heavy atom.